The molecule has 2 aromatic carbocycles. The minimum atomic E-state index is -0.907. The average Bonchev–Trinajstić information content (AvgIpc) is 3.07. The first-order valence-corrected chi connectivity index (χ1v) is 10.2. The zero-order valence-electron chi connectivity index (χ0n) is 16.3. The van der Waals surface area contributed by atoms with Crippen molar-refractivity contribution in [2.75, 3.05) is 26.2 Å². The molecule has 0 aromatic heterocycles. The van der Waals surface area contributed by atoms with Gasteiger partial charge in [-0.1, -0.05) is 48.5 Å². The van der Waals surface area contributed by atoms with Gasteiger partial charge in [-0.25, -0.2) is 4.79 Å². The molecule has 2 aliphatic rings. The molecule has 0 atom stereocenters. The zero-order valence-corrected chi connectivity index (χ0v) is 16.3. The predicted molar refractivity (Wildman–Crippen MR) is 110 cm³/mol. The van der Waals surface area contributed by atoms with Crippen LogP contribution in [0.3, 0.4) is 0 Å². The molecule has 0 spiro atoms. The molecule has 29 heavy (non-hydrogen) atoms. The maximum atomic E-state index is 12.9. The number of carboxylic acid groups (broad SMARTS) is 1. The van der Waals surface area contributed by atoms with E-state index in [-0.39, 0.29) is 31.5 Å². The minimum Gasteiger partial charge on any atom is -0.481 e. The second-order valence-corrected chi connectivity index (χ2v) is 7.62. The molecular weight excluding hydrogens is 368 g/mol. The van der Waals surface area contributed by atoms with Crippen LogP contribution >= 0.6 is 0 Å². The summed E-state index contributed by atoms with van der Waals surface area (Å²) in [6.45, 7) is 2.08. The van der Waals surface area contributed by atoms with Crippen LogP contribution in [0.5, 0.6) is 0 Å². The van der Waals surface area contributed by atoms with Crippen molar-refractivity contribution >= 4 is 12.1 Å². The molecule has 1 aliphatic carbocycles. The van der Waals surface area contributed by atoms with Crippen molar-refractivity contribution in [2.24, 2.45) is 0 Å². The SMILES string of the molecule is O=C(O)CCN(C(=O)OCC1c2ccccc2-c2ccccc21)C1CCNCC1. The Morgan fingerprint density at radius 2 is 1.59 bits per heavy atom. The maximum Gasteiger partial charge on any atom is 0.410 e. The van der Waals surface area contributed by atoms with Crippen LogP contribution in [-0.2, 0) is 9.53 Å². The fourth-order valence-electron chi connectivity index (χ4n) is 4.43. The van der Waals surface area contributed by atoms with Crippen LogP contribution in [0.4, 0.5) is 4.79 Å². The van der Waals surface area contributed by atoms with Crippen molar-refractivity contribution in [3.05, 3.63) is 59.7 Å². The molecule has 6 nitrogen and oxygen atoms in total. The fourth-order valence-corrected chi connectivity index (χ4v) is 4.43. The Labute approximate surface area is 170 Å². The number of hydrogen-bond acceptors (Lipinski definition) is 4. The molecule has 0 unspecified atom stereocenters. The highest BCUT2D eigenvalue weighted by atomic mass is 16.6. The molecule has 1 amide bonds. The number of benzene rings is 2. The summed E-state index contributed by atoms with van der Waals surface area (Å²) in [5.41, 5.74) is 4.70. The molecule has 1 saturated heterocycles. The van der Waals surface area contributed by atoms with Crippen LogP contribution in [0.1, 0.15) is 36.3 Å². The van der Waals surface area contributed by atoms with E-state index in [1.807, 2.05) is 24.3 Å². The van der Waals surface area contributed by atoms with Gasteiger partial charge in [0.2, 0.25) is 0 Å². The Bertz CT molecular complexity index is 846. The lowest BCUT2D eigenvalue weighted by atomic mass is 9.98. The summed E-state index contributed by atoms with van der Waals surface area (Å²) in [5, 5.41) is 12.3. The van der Waals surface area contributed by atoms with Gasteiger partial charge in [-0.05, 0) is 48.2 Å². The summed E-state index contributed by atoms with van der Waals surface area (Å²) < 4.78 is 5.76. The summed E-state index contributed by atoms with van der Waals surface area (Å²) in [6.07, 6.45) is 1.13. The first kappa shape index (κ1) is 19.5. The number of fused-ring (bicyclic) bond motifs is 3. The van der Waals surface area contributed by atoms with Crippen molar-refractivity contribution in [1.82, 2.24) is 10.2 Å². The van der Waals surface area contributed by atoms with E-state index in [4.69, 9.17) is 9.84 Å². The highest BCUT2D eigenvalue weighted by Gasteiger charge is 2.31. The number of hydrogen-bond donors (Lipinski definition) is 2. The second-order valence-electron chi connectivity index (χ2n) is 7.62. The molecule has 6 heteroatoms. The Balaban J connectivity index is 1.49. The number of carbonyl (C=O) groups excluding carboxylic acids is 1. The molecule has 0 bridgehead atoms. The summed E-state index contributed by atoms with van der Waals surface area (Å²) in [5.74, 6) is -0.906. The smallest absolute Gasteiger partial charge is 0.410 e. The van der Waals surface area contributed by atoms with Gasteiger partial charge in [-0.15, -0.1) is 0 Å². The number of amides is 1. The van der Waals surface area contributed by atoms with E-state index in [9.17, 15) is 9.59 Å². The lowest BCUT2D eigenvalue weighted by molar-refractivity contribution is -0.137. The number of aliphatic carboxylic acids is 1. The van der Waals surface area contributed by atoms with Gasteiger partial charge >= 0.3 is 12.1 Å². The lowest BCUT2D eigenvalue weighted by Gasteiger charge is -2.34. The third-order valence-corrected chi connectivity index (χ3v) is 5.89. The van der Waals surface area contributed by atoms with E-state index in [2.05, 4.69) is 29.6 Å². The highest BCUT2D eigenvalue weighted by molar-refractivity contribution is 5.79. The van der Waals surface area contributed by atoms with Crippen LogP contribution in [0.2, 0.25) is 0 Å². The predicted octanol–water partition coefficient (Wildman–Crippen LogP) is 3.46. The first-order chi connectivity index (χ1) is 14.1. The Morgan fingerprint density at radius 3 is 2.17 bits per heavy atom. The number of nitrogens with zero attached hydrogens (tertiary/aromatic N) is 1. The number of carboxylic acids is 1. The number of piperidine rings is 1. The van der Waals surface area contributed by atoms with E-state index in [1.165, 1.54) is 22.3 Å². The number of carbonyl (C=O) groups is 2. The van der Waals surface area contributed by atoms with Crippen LogP contribution < -0.4 is 5.32 Å². The Hall–Kier alpha value is -2.86. The standard InChI is InChI=1S/C23H26N2O4/c26-22(27)11-14-25(16-9-12-24-13-10-16)23(28)29-15-21-19-7-3-1-5-17(19)18-6-2-4-8-20(18)21/h1-8,16,21,24H,9-15H2,(H,26,27). The van der Waals surface area contributed by atoms with Crippen LogP contribution in [0.15, 0.2) is 48.5 Å². The van der Waals surface area contributed by atoms with Gasteiger partial charge < -0.3 is 20.1 Å². The molecule has 0 radical (unpaired) electrons. The van der Waals surface area contributed by atoms with Crippen LogP contribution in [0.25, 0.3) is 11.1 Å². The molecule has 0 saturated carbocycles. The van der Waals surface area contributed by atoms with Crippen molar-refractivity contribution in [2.45, 2.75) is 31.2 Å². The zero-order chi connectivity index (χ0) is 20.2. The summed E-state index contributed by atoms with van der Waals surface area (Å²) in [4.78, 5) is 25.6. The topological polar surface area (TPSA) is 78.9 Å². The largest absolute Gasteiger partial charge is 0.481 e. The molecule has 4 rings (SSSR count). The molecule has 152 valence electrons. The van der Waals surface area contributed by atoms with E-state index in [0.717, 1.165) is 25.9 Å². The van der Waals surface area contributed by atoms with Crippen LogP contribution in [-0.4, -0.2) is 54.4 Å². The van der Waals surface area contributed by atoms with Gasteiger partial charge in [0.1, 0.15) is 6.61 Å². The van der Waals surface area contributed by atoms with E-state index < -0.39 is 12.1 Å². The molecular formula is C23H26N2O4. The normalized spacial score (nSPS) is 16.1. The van der Waals surface area contributed by atoms with Crippen molar-refractivity contribution in [3.63, 3.8) is 0 Å². The number of ether oxygens (including phenoxy) is 1. The first-order valence-electron chi connectivity index (χ1n) is 10.2. The van der Waals surface area contributed by atoms with E-state index >= 15 is 0 Å². The molecule has 1 heterocycles. The molecule has 1 fully saturated rings. The number of rotatable bonds is 6. The van der Waals surface area contributed by atoms with Gasteiger partial charge in [-0.2, -0.15) is 0 Å². The second kappa shape index (κ2) is 8.66. The van der Waals surface area contributed by atoms with E-state index in [1.54, 1.807) is 4.90 Å². The van der Waals surface area contributed by atoms with Gasteiger partial charge in [0.25, 0.3) is 0 Å². The summed E-state index contributed by atoms with van der Waals surface area (Å²) in [6, 6.07) is 16.5. The number of nitrogens with one attached hydrogen (secondary N) is 1. The van der Waals surface area contributed by atoms with Crippen LogP contribution in [0, 0.1) is 0 Å². The maximum absolute atomic E-state index is 12.9. The van der Waals surface area contributed by atoms with Gasteiger partial charge in [0, 0.05) is 18.5 Å². The Kier molecular flexibility index (Phi) is 5.81. The van der Waals surface area contributed by atoms with Crippen molar-refractivity contribution in [3.8, 4) is 11.1 Å². The van der Waals surface area contributed by atoms with Crippen molar-refractivity contribution in [1.29, 1.82) is 0 Å². The third-order valence-electron chi connectivity index (χ3n) is 5.89. The summed E-state index contributed by atoms with van der Waals surface area (Å²) in [7, 11) is 0. The quantitative estimate of drug-likeness (QED) is 0.784. The average molecular weight is 394 g/mol. The van der Waals surface area contributed by atoms with Gasteiger partial charge in [-0.3, -0.25) is 4.79 Å². The Morgan fingerprint density at radius 1 is 1.00 bits per heavy atom. The fraction of sp³-hybridized carbons (Fsp3) is 0.391. The summed E-state index contributed by atoms with van der Waals surface area (Å²) >= 11 is 0. The molecule has 2 N–H and O–H groups in total. The lowest BCUT2D eigenvalue weighted by Crippen LogP contribution is -2.47. The third kappa shape index (κ3) is 4.12. The molecule has 1 aliphatic heterocycles. The highest BCUT2D eigenvalue weighted by Crippen LogP contribution is 2.44. The van der Waals surface area contributed by atoms with Gasteiger partial charge in [0.05, 0.1) is 6.42 Å². The monoisotopic (exact) mass is 394 g/mol. The van der Waals surface area contributed by atoms with Crippen molar-refractivity contribution < 1.29 is 19.4 Å². The molecule has 2 aromatic rings. The van der Waals surface area contributed by atoms with Gasteiger partial charge in [0.15, 0.2) is 0 Å². The van der Waals surface area contributed by atoms with E-state index in [0.29, 0.717) is 0 Å². The minimum absolute atomic E-state index is 0.000645.